The second kappa shape index (κ2) is 8.30. The fourth-order valence-corrected chi connectivity index (χ4v) is 2.36. The summed E-state index contributed by atoms with van der Waals surface area (Å²) in [5.74, 6) is -1.53. The smallest absolute Gasteiger partial charge is 0.418 e. The molecular weight excluding hydrogens is 387 g/mol. The van der Waals surface area contributed by atoms with E-state index in [4.69, 9.17) is 21.1 Å². The molecule has 0 aliphatic rings. The molecule has 1 N–H and O–H groups in total. The van der Waals surface area contributed by atoms with Crippen LogP contribution in [0.25, 0.3) is 0 Å². The standard InChI is InChI=1S/C18H15ClF3NO4/c1-10(27-17(25)12-5-3-4-6-15(12)26-2)16(24)23-14-8-7-11(19)9-13(14)18(20,21)22/h3-10H,1-2H3,(H,23,24). The highest BCUT2D eigenvalue weighted by Gasteiger charge is 2.34. The molecule has 0 radical (unpaired) electrons. The van der Waals surface area contributed by atoms with E-state index in [-0.39, 0.29) is 16.3 Å². The van der Waals surface area contributed by atoms with Crippen LogP contribution in [0.15, 0.2) is 42.5 Å². The van der Waals surface area contributed by atoms with Gasteiger partial charge in [0.15, 0.2) is 6.10 Å². The van der Waals surface area contributed by atoms with E-state index in [1.807, 2.05) is 0 Å². The lowest BCUT2D eigenvalue weighted by Crippen LogP contribution is -2.31. The van der Waals surface area contributed by atoms with E-state index in [1.165, 1.54) is 32.2 Å². The summed E-state index contributed by atoms with van der Waals surface area (Å²) in [4.78, 5) is 24.4. The number of benzene rings is 2. The van der Waals surface area contributed by atoms with E-state index in [2.05, 4.69) is 5.32 Å². The van der Waals surface area contributed by atoms with Gasteiger partial charge in [-0.2, -0.15) is 13.2 Å². The maximum atomic E-state index is 13.1. The molecule has 0 aliphatic carbocycles. The Hall–Kier alpha value is -2.74. The Morgan fingerprint density at radius 3 is 2.44 bits per heavy atom. The Balaban J connectivity index is 2.14. The molecule has 0 aromatic heterocycles. The molecule has 2 rings (SSSR count). The number of esters is 1. The molecule has 0 fully saturated rings. The highest BCUT2D eigenvalue weighted by molar-refractivity contribution is 6.30. The lowest BCUT2D eigenvalue weighted by Gasteiger charge is -2.17. The molecule has 144 valence electrons. The number of hydrogen-bond donors (Lipinski definition) is 1. The molecule has 0 spiro atoms. The molecule has 0 saturated heterocycles. The van der Waals surface area contributed by atoms with Crippen LogP contribution >= 0.6 is 11.6 Å². The van der Waals surface area contributed by atoms with E-state index in [0.29, 0.717) is 6.07 Å². The Morgan fingerprint density at radius 2 is 1.81 bits per heavy atom. The predicted octanol–water partition coefficient (Wildman–Crippen LogP) is 4.55. The first kappa shape index (κ1) is 20.6. The van der Waals surface area contributed by atoms with Gasteiger partial charge in [0.25, 0.3) is 5.91 Å². The van der Waals surface area contributed by atoms with Gasteiger partial charge in [-0.15, -0.1) is 0 Å². The largest absolute Gasteiger partial charge is 0.496 e. The van der Waals surface area contributed by atoms with E-state index < -0.39 is 35.4 Å². The molecule has 1 amide bonds. The summed E-state index contributed by atoms with van der Waals surface area (Å²) in [6.45, 7) is 1.24. The molecular formula is C18H15ClF3NO4. The molecule has 2 aromatic carbocycles. The topological polar surface area (TPSA) is 64.6 Å². The van der Waals surface area contributed by atoms with Gasteiger partial charge < -0.3 is 14.8 Å². The average Bonchev–Trinajstić information content (AvgIpc) is 2.62. The molecule has 5 nitrogen and oxygen atoms in total. The first-order chi connectivity index (χ1) is 12.6. The van der Waals surface area contributed by atoms with E-state index >= 15 is 0 Å². The number of para-hydroxylation sites is 1. The summed E-state index contributed by atoms with van der Waals surface area (Å²) >= 11 is 5.59. The number of ether oxygens (including phenoxy) is 2. The SMILES string of the molecule is COc1ccccc1C(=O)OC(C)C(=O)Nc1ccc(Cl)cc1C(F)(F)F. The zero-order chi connectivity index (χ0) is 20.2. The van der Waals surface area contributed by atoms with Crippen LogP contribution in [0.1, 0.15) is 22.8 Å². The molecule has 2 aromatic rings. The zero-order valence-corrected chi connectivity index (χ0v) is 15.0. The van der Waals surface area contributed by atoms with Crippen LogP contribution in [-0.4, -0.2) is 25.1 Å². The first-order valence-electron chi connectivity index (χ1n) is 7.65. The lowest BCUT2D eigenvalue weighted by atomic mass is 10.1. The van der Waals surface area contributed by atoms with Crippen LogP contribution in [0.2, 0.25) is 5.02 Å². The van der Waals surface area contributed by atoms with Crippen molar-refractivity contribution < 1.29 is 32.2 Å². The molecule has 1 atom stereocenters. The maximum absolute atomic E-state index is 13.1. The number of halogens is 4. The number of carbonyl (C=O) groups excluding carboxylic acids is 2. The average molecular weight is 402 g/mol. The molecule has 0 aliphatic heterocycles. The summed E-state index contributed by atoms with van der Waals surface area (Å²) in [5.41, 5.74) is -1.51. The Morgan fingerprint density at radius 1 is 1.15 bits per heavy atom. The van der Waals surface area contributed by atoms with Gasteiger partial charge in [-0.3, -0.25) is 4.79 Å². The van der Waals surface area contributed by atoms with Crippen molar-refractivity contribution in [2.75, 3.05) is 12.4 Å². The Bertz CT molecular complexity index is 855. The number of carbonyl (C=O) groups is 2. The quantitative estimate of drug-likeness (QED) is 0.746. The van der Waals surface area contributed by atoms with Gasteiger partial charge in [-0.25, -0.2) is 4.79 Å². The highest BCUT2D eigenvalue weighted by atomic mass is 35.5. The summed E-state index contributed by atoms with van der Waals surface area (Å²) < 4.78 is 49.3. The minimum absolute atomic E-state index is 0.0853. The predicted molar refractivity (Wildman–Crippen MR) is 93.0 cm³/mol. The van der Waals surface area contributed by atoms with Crippen LogP contribution < -0.4 is 10.1 Å². The van der Waals surface area contributed by atoms with Crippen molar-refractivity contribution in [2.45, 2.75) is 19.2 Å². The Kier molecular flexibility index (Phi) is 6.32. The minimum Gasteiger partial charge on any atom is -0.496 e. The van der Waals surface area contributed by atoms with Crippen molar-refractivity contribution in [3.63, 3.8) is 0 Å². The Labute approximate surface area is 158 Å². The first-order valence-corrected chi connectivity index (χ1v) is 8.03. The summed E-state index contributed by atoms with van der Waals surface area (Å²) in [7, 11) is 1.36. The number of alkyl halides is 3. The van der Waals surface area contributed by atoms with Gasteiger partial charge in [0.1, 0.15) is 11.3 Å². The number of anilines is 1. The van der Waals surface area contributed by atoms with Crippen LogP contribution in [0, 0.1) is 0 Å². The second-order valence-electron chi connectivity index (χ2n) is 5.42. The fraction of sp³-hybridized carbons (Fsp3) is 0.222. The van der Waals surface area contributed by atoms with Gasteiger partial charge in [0.05, 0.1) is 18.4 Å². The third-order valence-electron chi connectivity index (χ3n) is 3.52. The zero-order valence-electron chi connectivity index (χ0n) is 14.3. The maximum Gasteiger partial charge on any atom is 0.418 e. The summed E-state index contributed by atoms with van der Waals surface area (Å²) in [6.07, 6.45) is -6.07. The number of rotatable bonds is 5. The molecule has 0 heterocycles. The number of hydrogen-bond acceptors (Lipinski definition) is 4. The van der Waals surface area contributed by atoms with Crippen molar-refractivity contribution >= 4 is 29.2 Å². The molecule has 27 heavy (non-hydrogen) atoms. The van der Waals surface area contributed by atoms with Crippen molar-refractivity contribution in [1.82, 2.24) is 0 Å². The van der Waals surface area contributed by atoms with E-state index in [0.717, 1.165) is 6.07 Å². The van der Waals surface area contributed by atoms with Gasteiger partial charge in [-0.1, -0.05) is 23.7 Å². The van der Waals surface area contributed by atoms with E-state index in [1.54, 1.807) is 12.1 Å². The lowest BCUT2D eigenvalue weighted by molar-refractivity contribution is -0.137. The third kappa shape index (κ3) is 5.13. The van der Waals surface area contributed by atoms with Crippen LogP contribution in [0.3, 0.4) is 0 Å². The highest BCUT2D eigenvalue weighted by Crippen LogP contribution is 2.36. The molecule has 1 unspecified atom stereocenters. The summed E-state index contributed by atoms with van der Waals surface area (Å²) in [6, 6.07) is 9.12. The number of amides is 1. The van der Waals surface area contributed by atoms with Crippen molar-refractivity contribution in [3.05, 3.63) is 58.6 Å². The summed E-state index contributed by atoms with van der Waals surface area (Å²) in [5, 5.41) is 1.97. The monoisotopic (exact) mass is 401 g/mol. The third-order valence-corrected chi connectivity index (χ3v) is 3.76. The van der Waals surface area contributed by atoms with Crippen molar-refractivity contribution in [2.24, 2.45) is 0 Å². The number of methoxy groups -OCH3 is 1. The van der Waals surface area contributed by atoms with Gasteiger partial charge in [0.2, 0.25) is 0 Å². The van der Waals surface area contributed by atoms with Crippen LogP contribution in [0.5, 0.6) is 5.75 Å². The van der Waals surface area contributed by atoms with Crippen molar-refractivity contribution in [1.29, 1.82) is 0 Å². The second-order valence-corrected chi connectivity index (χ2v) is 5.86. The minimum atomic E-state index is -4.72. The number of nitrogens with one attached hydrogen (secondary N) is 1. The van der Waals surface area contributed by atoms with Gasteiger partial charge >= 0.3 is 12.1 Å². The van der Waals surface area contributed by atoms with Gasteiger partial charge in [-0.05, 0) is 37.3 Å². The van der Waals surface area contributed by atoms with Crippen LogP contribution in [-0.2, 0) is 15.7 Å². The van der Waals surface area contributed by atoms with Gasteiger partial charge in [0, 0.05) is 5.02 Å². The van der Waals surface area contributed by atoms with Crippen LogP contribution in [0.4, 0.5) is 18.9 Å². The normalized spacial score (nSPS) is 12.2. The fourth-order valence-electron chi connectivity index (χ4n) is 2.19. The van der Waals surface area contributed by atoms with E-state index in [9.17, 15) is 22.8 Å². The van der Waals surface area contributed by atoms with Crippen molar-refractivity contribution in [3.8, 4) is 5.75 Å². The molecule has 0 saturated carbocycles. The molecule has 9 heteroatoms. The molecule has 0 bridgehead atoms.